The van der Waals surface area contributed by atoms with Gasteiger partial charge < -0.3 is 5.32 Å². The van der Waals surface area contributed by atoms with Crippen LogP contribution in [0.5, 0.6) is 0 Å². The van der Waals surface area contributed by atoms with Gasteiger partial charge in [0.1, 0.15) is 10.8 Å². The van der Waals surface area contributed by atoms with E-state index in [0.717, 1.165) is 10.6 Å². The minimum absolute atomic E-state index is 0.0192. The van der Waals surface area contributed by atoms with Crippen molar-refractivity contribution < 1.29 is 4.79 Å². The highest BCUT2D eigenvalue weighted by Crippen LogP contribution is 2.25. The molecule has 8 heteroatoms. The number of tetrazole rings is 1. The first-order valence-electron chi connectivity index (χ1n) is 5.38. The minimum atomic E-state index is -0.446. The van der Waals surface area contributed by atoms with Gasteiger partial charge in [0.25, 0.3) is 11.7 Å². The SMILES string of the molecule is O=C(Nc1csc(-c2ccccc2)n1)c1nn[nH]n1. The normalized spacial score (nSPS) is 10.3. The maximum Gasteiger partial charge on any atom is 0.298 e. The Hall–Kier alpha value is -2.61. The molecule has 3 aromatic rings. The van der Waals surface area contributed by atoms with Gasteiger partial charge in [-0.3, -0.25) is 4.79 Å². The van der Waals surface area contributed by atoms with Crippen molar-refractivity contribution in [1.82, 2.24) is 25.6 Å². The third-order valence-corrected chi connectivity index (χ3v) is 3.21. The Balaban J connectivity index is 1.77. The maximum absolute atomic E-state index is 11.7. The van der Waals surface area contributed by atoms with E-state index in [4.69, 9.17) is 0 Å². The van der Waals surface area contributed by atoms with Gasteiger partial charge >= 0.3 is 0 Å². The Morgan fingerprint density at radius 2 is 2.11 bits per heavy atom. The molecule has 0 atom stereocenters. The predicted octanol–water partition coefficient (Wildman–Crippen LogP) is 1.58. The van der Waals surface area contributed by atoms with E-state index in [1.165, 1.54) is 11.3 Å². The first kappa shape index (κ1) is 11.5. The molecule has 1 amide bonds. The number of amides is 1. The van der Waals surface area contributed by atoms with Crippen LogP contribution in [-0.2, 0) is 0 Å². The molecular weight excluding hydrogens is 264 g/mol. The Labute approximate surface area is 111 Å². The predicted molar refractivity (Wildman–Crippen MR) is 69.7 cm³/mol. The molecule has 0 bridgehead atoms. The van der Waals surface area contributed by atoms with E-state index in [0.29, 0.717) is 5.82 Å². The van der Waals surface area contributed by atoms with Crippen molar-refractivity contribution in [3.05, 3.63) is 41.5 Å². The van der Waals surface area contributed by atoms with E-state index in [2.05, 4.69) is 30.9 Å². The summed E-state index contributed by atoms with van der Waals surface area (Å²) in [6.45, 7) is 0. The molecule has 0 radical (unpaired) electrons. The van der Waals surface area contributed by atoms with E-state index < -0.39 is 5.91 Å². The van der Waals surface area contributed by atoms with Crippen LogP contribution >= 0.6 is 11.3 Å². The van der Waals surface area contributed by atoms with Crippen LogP contribution in [0.4, 0.5) is 5.82 Å². The summed E-state index contributed by atoms with van der Waals surface area (Å²) in [7, 11) is 0. The first-order valence-corrected chi connectivity index (χ1v) is 6.26. The Morgan fingerprint density at radius 1 is 1.26 bits per heavy atom. The topological polar surface area (TPSA) is 96.5 Å². The quantitative estimate of drug-likeness (QED) is 0.754. The van der Waals surface area contributed by atoms with Crippen molar-refractivity contribution >= 4 is 23.1 Å². The molecular formula is C11H8N6OS. The molecule has 7 nitrogen and oxygen atoms in total. The van der Waals surface area contributed by atoms with Crippen LogP contribution in [0.3, 0.4) is 0 Å². The van der Waals surface area contributed by atoms with Crippen molar-refractivity contribution in [1.29, 1.82) is 0 Å². The molecule has 94 valence electrons. The second-order valence-electron chi connectivity index (χ2n) is 3.59. The molecule has 0 saturated carbocycles. The van der Waals surface area contributed by atoms with Gasteiger partial charge in [-0.25, -0.2) is 4.98 Å². The van der Waals surface area contributed by atoms with Crippen LogP contribution in [0.25, 0.3) is 10.6 Å². The van der Waals surface area contributed by atoms with E-state index in [1.54, 1.807) is 5.38 Å². The molecule has 0 aliphatic heterocycles. The lowest BCUT2D eigenvalue weighted by Crippen LogP contribution is -2.14. The number of rotatable bonds is 3. The number of thiazole rings is 1. The van der Waals surface area contributed by atoms with E-state index in [1.807, 2.05) is 30.3 Å². The number of aromatic nitrogens is 5. The number of carbonyl (C=O) groups excluding carboxylic acids is 1. The largest absolute Gasteiger partial charge is 0.303 e. The standard InChI is InChI=1S/C11H8N6OS/c18-10(9-14-16-17-15-9)12-8-6-19-11(13-8)7-4-2-1-3-5-7/h1-6H,(H,12,18)(H,14,15,16,17). The summed E-state index contributed by atoms with van der Waals surface area (Å²) in [5, 5.41) is 17.9. The van der Waals surface area contributed by atoms with E-state index in [9.17, 15) is 4.79 Å². The highest BCUT2D eigenvalue weighted by atomic mass is 32.1. The van der Waals surface area contributed by atoms with Crippen LogP contribution in [0.15, 0.2) is 35.7 Å². The van der Waals surface area contributed by atoms with Gasteiger partial charge in [0.2, 0.25) is 0 Å². The number of H-pyrrole nitrogens is 1. The van der Waals surface area contributed by atoms with Crippen LogP contribution in [0, 0.1) is 0 Å². The van der Waals surface area contributed by atoms with Gasteiger partial charge in [-0.2, -0.15) is 5.21 Å². The number of carbonyl (C=O) groups is 1. The van der Waals surface area contributed by atoms with Gasteiger partial charge in [-0.15, -0.1) is 21.5 Å². The molecule has 2 aromatic heterocycles. The number of benzene rings is 1. The summed E-state index contributed by atoms with van der Waals surface area (Å²) in [4.78, 5) is 16.0. The number of hydrogen-bond acceptors (Lipinski definition) is 6. The summed E-state index contributed by atoms with van der Waals surface area (Å²) in [5.41, 5.74) is 1.01. The highest BCUT2D eigenvalue weighted by molar-refractivity contribution is 7.13. The van der Waals surface area contributed by atoms with Crippen LogP contribution < -0.4 is 5.32 Å². The fraction of sp³-hybridized carbons (Fsp3) is 0. The number of hydrogen-bond donors (Lipinski definition) is 2. The lowest BCUT2D eigenvalue weighted by molar-refractivity contribution is 0.101. The molecule has 1 aromatic carbocycles. The zero-order valence-corrected chi connectivity index (χ0v) is 10.4. The van der Waals surface area contributed by atoms with Crippen LogP contribution in [0.2, 0.25) is 0 Å². The second-order valence-corrected chi connectivity index (χ2v) is 4.45. The van der Waals surface area contributed by atoms with Gasteiger partial charge in [-0.1, -0.05) is 30.3 Å². The van der Waals surface area contributed by atoms with Gasteiger partial charge in [0.05, 0.1) is 0 Å². The fourth-order valence-electron chi connectivity index (χ4n) is 1.47. The number of anilines is 1. The third-order valence-electron chi connectivity index (χ3n) is 2.31. The summed E-state index contributed by atoms with van der Waals surface area (Å²) in [6, 6.07) is 9.74. The molecule has 0 unspecified atom stereocenters. The van der Waals surface area contributed by atoms with Gasteiger partial charge in [0, 0.05) is 10.9 Å². The molecule has 3 rings (SSSR count). The number of aromatic amines is 1. The monoisotopic (exact) mass is 272 g/mol. The average Bonchev–Trinajstić information content (AvgIpc) is 3.11. The Morgan fingerprint density at radius 3 is 2.84 bits per heavy atom. The molecule has 0 aliphatic carbocycles. The summed E-state index contributed by atoms with van der Waals surface area (Å²) >= 11 is 1.45. The van der Waals surface area contributed by atoms with Crippen LogP contribution in [-0.4, -0.2) is 31.5 Å². The van der Waals surface area contributed by atoms with Crippen molar-refractivity contribution in [2.75, 3.05) is 5.32 Å². The zero-order valence-electron chi connectivity index (χ0n) is 9.57. The summed E-state index contributed by atoms with van der Waals surface area (Å²) < 4.78 is 0. The Bertz CT molecular complexity index is 678. The van der Waals surface area contributed by atoms with Gasteiger partial charge in [0.15, 0.2) is 0 Å². The highest BCUT2D eigenvalue weighted by Gasteiger charge is 2.13. The van der Waals surface area contributed by atoms with E-state index in [-0.39, 0.29) is 5.82 Å². The molecule has 2 N–H and O–H groups in total. The molecule has 0 aliphatic rings. The zero-order chi connectivity index (χ0) is 13.1. The smallest absolute Gasteiger partial charge is 0.298 e. The van der Waals surface area contributed by atoms with E-state index >= 15 is 0 Å². The minimum Gasteiger partial charge on any atom is -0.303 e. The number of nitrogens with one attached hydrogen (secondary N) is 2. The van der Waals surface area contributed by atoms with Crippen molar-refractivity contribution in [3.8, 4) is 10.6 Å². The molecule has 2 heterocycles. The average molecular weight is 272 g/mol. The summed E-state index contributed by atoms with van der Waals surface area (Å²) in [5.74, 6) is 0.00609. The van der Waals surface area contributed by atoms with Crippen molar-refractivity contribution in [2.24, 2.45) is 0 Å². The maximum atomic E-state index is 11.7. The number of nitrogens with zero attached hydrogens (tertiary/aromatic N) is 4. The lowest BCUT2D eigenvalue weighted by Gasteiger charge is -1.96. The molecule has 19 heavy (non-hydrogen) atoms. The Kier molecular flexibility index (Phi) is 2.99. The molecule has 0 saturated heterocycles. The fourth-order valence-corrected chi connectivity index (χ4v) is 2.23. The summed E-state index contributed by atoms with van der Waals surface area (Å²) in [6.07, 6.45) is 0. The second kappa shape index (κ2) is 4.94. The first-order chi connectivity index (χ1) is 9.33. The van der Waals surface area contributed by atoms with Crippen molar-refractivity contribution in [2.45, 2.75) is 0 Å². The molecule has 0 fully saturated rings. The third kappa shape index (κ3) is 2.47. The lowest BCUT2D eigenvalue weighted by atomic mass is 10.2. The van der Waals surface area contributed by atoms with Crippen molar-refractivity contribution in [3.63, 3.8) is 0 Å². The van der Waals surface area contributed by atoms with Crippen LogP contribution in [0.1, 0.15) is 10.6 Å². The molecule has 0 spiro atoms. The van der Waals surface area contributed by atoms with Gasteiger partial charge in [-0.05, 0) is 5.21 Å².